The van der Waals surface area contributed by atoms with Gasteiger partial charge in [0.1, 0.15) is 11.6 Å². The molecule has 1 rings (SSSR count). The van der Waals surface area contributed by atoms with Gasteiger partial charge in [0.05, 0.1) is 6.54 Å². The topological polar surface area (TPSA) is 87.7 Å². The third-order valence-corrected chi connectivity index (χ3v) is 3.69. The van der Waals surface area contributed by atoms with E-state index in [0.717, 1.165) is 6.54 Å². The molecule has 2 N–H and O–H groups in total. The molecule has 1 aliphatic rings. The number of hydrogen-bond acceptors (Lipinski definition) is 4. The zero-order valence-corrected chi connectivity index (χ0v) is 15.6. The van der Waals surface area contributed by atoms with Gasteiger partial charge in [-0.2, -0.15) is 0 Å². The van der Waals surface area contributed by atoms with E-state index in [1.54, 1.807) is 32.7 Å². The van der Waals surface area contributed by atoms with Crippen LogP contribution in [0.25, 0.3) is 0 Å². The van der Waals surface area contributed by atoms with E-state index >= 15 is 0 Å². The molecule has 1 atom stereocenters. The van der Waals surface area contributed by atoms with E-state index in [2.05, 4.69) is 10.6 Å². The van der Waals surface area contributed by atoms with Crippen molar-refractivity contribution in [3.05, 3.63) is 0 Å². The Kier molecular flexibility index (Phi) is 7.05. The van der Waals surface area contributed by atoms with Gasteiger partial charge in [-0.3, -0.25) is 9.59 Å². The number of carbonyl (C=O) groups is 3. The zero-order valence-electron chi connectivity index (χ0n) is 15.6. The molecule has 0 heterocycles. The van der Waals surface area contributed by atoms with Gasteiger partial charge in [0.25, 0.3) is 0 Å². The molecule has 0 spiro atoms. The smallest absolute Gasteiger partial charge is 0.408 e. The van der Waals surface area contributed by atoms with Crippen molar-refractivity contribution >= 4 is 17.9 Å². The molecule has 0 aromatic heterocycles. The predicted octanol–water partition coefficient (Wildman–Crippen LogP) is 1.52. The van der Waals surface area contributed by atoms with Crippen LogP contribution in [0.1, 0.15) is 47.5 Å². The summed E-state index contributed by atoms with van der Waals surface area (Å²) in [6.45, 7) is 9.58. The summed E-state index contributed by atoms with van der Waals surface area (Å²) < 4.78 is 5.18. The van der Waals surface area contributed by atoms with E-state index < -0.39 is 17.7 Å². The van der Waals surface area contributed by atoms with Gasteiger partial charge in [-0.1, -0.05) is 13.8 Å². The van der Waals surface area contributed by atoms with Crippen LogP contribution in [-0.4, -0.2) is 54.6 Å². The monoisotopic (exact) mass is 341 g/mol. The fraction of sp³-hybridized carbons (Fsp3) is 0.824. The Bertz CT molecular complexity index is 467. The molecule has 7 heteroatoms. The molecule has 1 fully saturated rings. The summed E-state index contributed by atoms with van der Waals surface area (Å²) in [5.41, 5.74) is -0.635. The van der Waals surface area contributed by atoms with Crippen molar-refractivity contribution in [2.75, 3.05) is 20.1 Å². The number of alkyl carbamates (subject to hydrolysis) is 1. The van der Waals surface area contributed by atoms with Crippen LogP contribution in [0, 0.1) is 11.8 Å². The van der Waals surface area contributed by atoms with Crippen LogP contribution in [0.2, 0.25) is 0 Å². The van der Waals surface area contributed by atoms with E-state index in [9.17, 15) is 14.4 Å². The Hall–Kier alpha value is -1.79. The molecular weight excluding hydrogens is 310 g/mol. The van der Waals surface area contributed by atoms with E-state index in [-0.39, 0.29) is 24.3 Å². The number of ether oxygens (including phenoxy) is 1. The van der Waals surface area contributed by atoms with Gasteiger partial charge in [-0.25, -0.2) is 4.79 Å². The van der Waals surface area contributed by atoms with Crippen molar-refractivity contribution in [2.24, 2.45) is 11.8 Å². The summed E-state index contributed by atoms with van der Waals surface area (Å²) in [5.74, 6) is -0.0391. The predicted molar refractivity (Wildman–Crippen MR) is 91.4 cm³/mol. The lowest BCUT2D eigenvalue weighted by Gasteiger charge is -2.25. The summed E-state index contributed by atoms with van der Waals surface area (Å²) in [5, 5.41) is 5.18. The van der Waals surface area contributed by atoms with Gasteiger partial charge in [-0.05, 0) is 45.4 Å². The third-order valence-electron chi connectivity index (χ3n) is 3.69. The molecule has 0 unspecified atom stereocenters. The molecule has 138 valence electrons. The number of hydrogen-bond donors (Lipinski definition) is 2. The Labute approximate surface area is 144 Å². The highest BCUT2D eigenvalue weighted by molar-refractivity contribution is 5.89. The van der Waals surface area contributed by atoms with Crippen molar-refractivity contribution in [3.63, 3.8) is 0 Å². The first-order chi connectivity index (χ1) is 11.0. The number of nitrogens with one attached hydrogen (secondary N) is 2. The van der Waals surface area contributed by atoms with E-state index in [4.69, 9.17) is 4.74 Å². The number of nitrogens with zero attached hydrogens (tertiary/aromatic N) is 1. The van der Waals surface area contributed by atoms with E-state index in [1.807, 2.05) is 13.8 Å². The Morgan fingerprint density at radius 2 is 1.79 bits per heavy atom. The van der Waals surface area contributed by atoms with Crippen LogP contribution >= 0.6 is 0 Å². The molecule has 7 nitrogen and oxygen atoms in total. The van der Waals surface area contributed by atoms with Crippen LogP contribution in [0.5, 0.6) is 0 Å². The fourth-order valence-electron chi connectivity index (χ4n) is 2.17. The van der Waals surface area contributed by atoms with Crippen LogP contribution in [0.3, 0.4) is 0 Å². The molecule has 0 bridgehead atoms. The van der Waals surface area contributed by atoms with Gasteiger partial charge in [0.2, 0.25) is 11.8 Å². The quantitative estimate of drug-likeness (QED) is 0.735. The van der Waals surface area contributed by atoms with Crippen molar-refractivity contribution in [1.29, 1.82) is 0 Å². The second-order valence-corrected chi connectivity index (χ2v) is 7.80. The Morgan fingerprint density at radius 3 is 2.25 bits per heavy atom. The summed E-state index contributed by atoms with van der Waals surface area (Å²) >= 11 is 0. The van der Waals surface area contributed by atoms with Crippen LogP contribution in [-0.2, 0) is 14.3 Å². The molecule has 0 aliphatic heterocycles. The molecule has 0 aromatic carbocycles. The van der Waals surface area contributed by atoms with Crippen LogP contribution < -0.4 is 10.6 Å². The molecular formula is C17H31N3O4. The third kappa shape index (κ3) is 7.66. The Morgan fingerprint density at radius 1 is 1.21 bits per heavy atom. The lowest BCUT2D eigenvalue weighted by molar-refractivity contribution is -0.132. The van der Waals surface area contributed by atoms with E-state index in [1.165, 1.54) is 12.8 Å². The molecule has 1 saturated carbocycles. The van der Waals surface area contributed by atoms with Gasteiger partial charge in [0, 0.05) is 13.6 Å². The minimum atomic E-state index is -0.749. The maximum Gasteiger partial charge on any atom is 0.408 e. The molecule has 0 aromatic rings. The summed E-state index contributed by atoms with van der Waals surface area (Å²) in [6, 6.07) is -0.749. The van der Waals surface area contributed by atoms with Gasteiger partial charge >= 0.3 is 6.09 Å². The SMILES string of the molecule is CC(C)[C@H](NC(=O)OC(C)(C)C)C(=O)NCC(=O)N(C)CC1CC1. The van der Waals surface area contributed by atoms with Crippen molar-refractivity contribution < 1.29 is 19.1 Å². The lowest BCUT2D eigenvalue weighted by atomic mass is 10.0. The van der Waals surface area contributed by atoms with Crippen molar-refractivity contribution in [2.45, 2.75) is 59.1 Å². The zero-order chi connectivity index (χ0) is 18.5. The molecule has 24 heavy (non-hydrogen) atoms. The molecule has 3 amide bonds. The fourth-order valence-corrected chi connectivity index (χ4v) is 2.17. The first-order valence-corrected chi connectivity index (χ1v) is 8.50. The Balaban J connectivity index is 2.47. The van der Waals surface area contributed by atoms with Crippen molar-refractivity contribution in [1.82, 2.24) is 15.5 Å². The average molecular weight is 341 g/mol. The van der Waals surface area contributed by atoms with Crippen LogP contribution in [0.4, 0.5) is 4.79 Å². The van der Waals surface area contributed by atoms with Gasteiger partial charge in [-0.15, -0.1) is 0 Å². The highest BCUT2D eigenvalue weighted by Gasteiger charge is 2.28. The maximum absolute atomic E-state index is 12.3. The average Bonchev–Trinajstić information content (AvgIpc) is 3.23. The number of amides is 3. The standard InChI is InChI=1S/C17H31N3O4/c1-11(2)14(19-16(23)24-17(3,4)5)15(22)18-9-13(21)20(6)10-12-7-8-12/h11-12,14H,7-10H2,1-6H3,(H,18,22)(H,19,23)/t14-/m0/s1. The minimum absolute atomic E-state index is 0.0682. The highest BCUT2D eigenvalue weighted by atomic mass is 16.6. The lowest BCUT2D eigenvalue weighted by Crippen LogP contribution is -2.52. The molecule has 1 aliphatic carbocycles. The first kappa shape index (κ1) is 20.3. The van der Waals surface area contributed by atoms with E-state index in [0.29, 0.717) is 5.92 Å². The number of carbonyl (C=O) groups excluding carboxylic acids is 3. The number of rotatable bonds is 7. The van der Waals surface area contributed by atoms with Gasteiger partial charge < -0.3 is 20.3 Å². The van der Waals surface area contributed by atoms with Crippen molar-refractivity contribution in [3.8, 4) is 0 Å². The van der Waals surface area contributed by atoms with Gasteiger partial charge in [0.15, 0.2) is 0 Å². The molecule has 0 radical (unpaired) electrons. The normalized spacial score (nSPS) is 15.6. The largest absolute Gasteiger partial charge is 0.444 e. The second-order valence-electron chi connectivity index (χ2n) is 7.80. The minimum Gasteiger partial charge on any atom is -0.444 e. The summed E-state index contributed by atoms with van der Waals surface area (Å²) in [4.78, 5) is 37.8. The molecule has 0 saturated heterocycles. The maximum atomic E-state index is 12.3. The summed E-state index contributed by atoms with van der Waals surface area (Å²) in [7, 11) is 1.74. The summed E-state index contributed by atoms with van der Waals surface area (Å²) in [6.07, 6.45) is 1.69. The first-order valence-electron chi connectivity index (χ1n) is 8.50. The second kappa shape index (κ2) is 8.35. The highest BCUT2D eigenvalue weighted by Crippen LogP contribution is 2.29. The number of likely N-dealkylation sites (N-methyl/N-ethyl adjacent to an activating group) is 1. The van der Waals surface area contributed by atoms with Crippen LogP contribution in [0.15, 0.2) is 0 Å².